The lowest BCUT2D eigenvalue weighted by molar-refractivity contribution is 0.924. The molecule has 0 aliphatic heterocycles. The molecule has 0 aromatic rings. The van der Waals surface area contributed by atoms with Crippen LogP contribution in [0.2, 0.25) is 0 Å². The molecule has 0 saturated carbocycles. The van der Waals surface area contributed by atoms with Crippen LogP contribution in [0, 0.1) is 0 Å². The van der Waals surface area contributed by atoms with E-state index >= 15 is 0 Å². The molecule has 0 rings (SSSR count). The Bertz CT molecular complexity index is 38.5. The summed E-state index contributed by atoms with van der Waals surface area (Å²) in [5.41, 5.74) is 0. The Balaban J connectivity index is 3.17. The van der Waals surface area contributed by atoms with Crippen molar-refractivity contribution < 1.29 is 3.89 Å². The van der Waals surface area contributed by atoms with Crippen LogP contribution in [0.25, 0.3) is 0 Å². The smallest absolute Gasteiger partial charge is 0.000860 e. The van der Waals surface area contributed by atoms with Crippen LogP contribution in [0.15, 0.2) is 0 Å². The van der Waals surface area contributed by atoms with Crippen LogP contribution < -0.4 is 0 Å². The summed E-state index contributed by atoms with van der Waals surface area (Å²) in [6.45, 7) is 0. The quantitative estimate of drug-likeness (QED) is 0.488. The monoisotopic (exact) mass is 128 g/mol. The summed E-state index contributed by atoms with van der Waals surface area (Å²) in [4.78, 5) is 0. The molecule has 40 valence electrons. The predicted octanol–water partition coefficient (Wildman–Crippen LogP) is 2.21. The number of rotatable bonds is 1. The summed E-state index contributed by atoms with van der Waals surface area (Å²) < 4.78 is 12.2. The predicted molar refractivity (Wildman–Crippen MR) is 34.1 cm³/mol. The van der Waals surface area contributed by atoms with Crippen molar-refractivity contribution in [2.45, 2.75) is 0 Å². The standard InChI is InChI=1S/C3H9FS2/c1-5-6(2,3)4/h1-3H3. The van der Waals surface area contributed by atoms with Crippen molar-refractivity contribution in [3.05, 3.63) is 0 Å². The molecule has 0 atom stereocenters. The van der Waals surface area contributed by atoms with Gasteiger partial charge in [0.2, 0.25) is 0 Å². The largest absolute Gasteiger partial charge is 0.179 e. The zero-order valence-corrected chi connectivity index (χ0v) is 5.83. The van der Waals surface area contributed by atoms with Crippen LogP contribution in [-0.2, 0) is 0 Å². The van der Waals surface area contributed by atoms with E-state index < -0.39 is 9.45 Å². The minimum Gasteiger partial charge on any atom is -0.179 e. The molecule has 0 aliphatic carbocycles. The average Bonchev–Trinajstić information content (AvgIpc) is 1.35. The van der Waals surface area contributed by atoms with Gasteiger partial charge in [-0.3, -0.25) is 0 Å². The second kappa shape index (κ2) is 2.07. The molecule has 0 nitrogen and oxygen atoms in total. The highest BCUT2D eigenvalue weighted by Crippen LogP contribution is 2.52. The zero-order chi connectivity index (χ0) is 5.21. The highest BCUT2D eigenvalue weighted by molar-refractivity contribution is 8.91. The highest BCUT2D eigenvalue weighted by Gasteiger charge is 2.02. The fourth-order valence-corrected chi connectivity index (χ4v) is 0. The van der Waals surface area contributed by atoms with E-state index in [2.05, 4.69) is 0 Å². The van der Waals surface area contributed by atoms with Gasteiger partial charge in [0.25, 0.3) is 0 Å². The minimum atomic E-state index is -1.75. The molecule has 0 N–H and O–H groups in total. The number of halogens is 1. The van der Waals surface area contributed by atoms with E-state index in [4.69, 9.17) is 0 Å². The van der Waals surface area contributed by atoms with Crippen molar-refractivity contribution in [1.29, 1.82) is 0 Å². The molecule has 0 unspecified atom stereocenters. The molecule has 0 amide bonds. The Labute approximate surface area is 43.5 Å². The Kier molecular flexibility index (Phi) is 2.29. The zero-order valence-electron chi connectivity index (χ0n) is 4.19. The molecule has 0 saturated heterocycles. The maximum absolute atomic E-state index is 12.2. The summed E-state index contributed by atoms with van der Waals surface area (Å²) in [6.07, 6.45) is 5.03. The van der Waals surface area contributed by atoms with Crippen LogP contribution in [-0.4, -0.2) is 18.8 Å². The molecule has 0 radical (unpaired) electrons. The number of hydrogen-bond acceptors (Lipinski definition) is 1. The van der Waals surface area contributed by atoms with Crippen molar-refractivity contribution in [2.24, 2.45) is 0 Å². The van der Waals surface area contributed by atoms with Gasteiger partial charge in [0.05, 0.1) is 0 Å². The van der Waals surface area contributed by atoms with Crippen LogP contribution in [0.3, 0.4) is 0 Å². The lowest BCUT2D eigenvalue weighted by atomic mass is 11.9. The summed E-state index contributed by atoms with van der Waals surface area (Å²) in [5, 5.41) is 0. The normalized spacial score (nSPS) is 14.7. The second-order valence-corrected chi connectivity index (χ2v) is 7.22. The van der Waals surface area contributed by atoms with E-state index in [-0.39, 0.29) is 0 Å². The van der Waals surface area contributed by atoms with Gasteiger partial charge in [-0.15, -0.1) is 0 Å². The highest BCUT2D eigenvalue weighted by atomic mass is 33.2. The topological polar surface area (TPSA) is 0 Å². The van der Waals surface area contributed by atoms with E-state index in [0.717, 1.165) is 0 Å². The fourth-order valence-electron chi connectivity index (χ4n) is 0. The maximum atomic E-state index is 12.2. The molecule has 0 aromatic carbocycles. The first kappa shape index (κ1) is 6.63. The van der Waals surface area contributed by atoms with E-state index in [0.29, 0.717) is 0 Å². The van der Waals surface area contributed by atoms with Gasteiger partial charge >= 0.3 is 0 Å². The lowest BCUT2D eigenvalue weighted by Gasteiger charge is -2.13. The molecule has 3 heteroatoms. The Hall–Kier alpha value is 0.630. The fraction of sp³-hybridized carbons (Fsp3) is 1.00. The van der Waals surface area contributed by atoms with Crippen LogP contribution in [0.4, 0.5) is 3.89 Å². The second-order valence-electron chi connectivity index (χ2n) is 1.28. The van der Waals surface area contributed by atoms with Gasteiger partial charge in [-0.05, 0) is 15.7 Å². The SMILES string of the molecule is CSS(C)(C)F. The first-order valence-electron chi connectivity index (χ1n) is 1.55. The Morgan fingerprint density at radius 1 is 1.50 bits per heavy atom. The summed E-state index contributed by atoms with van der Waals surface area (Å²) in [5.74, 6) is 0. The van der Waals surface area contributed by atoms with Gasteiger partial charge in [0.1, 0.15) is 0 Å². The van der Waals surface area contributed by atoms with E-state index in [9.17, 15) is 3.89 Å². The van der Waals surface area contributed by atoms with Crippen molar-refractivity contribution in [1.82, 2.24) is 0 Å². The van der Waals surface area contributed by atoms with E-state index in [1.54, 1.807) is 18.8 Å². The average molecular weight is 128 g/mol. The van der Waals surface area contributed by atoms with Crippen molar-refractivity contribution in [2.75, 3.05) is 18.8 Å². The van der Waals surface area contributed by atoms with Crippen LogP contribution in [0.5, 0.6) is 0 Å². The molecule has 6 heavy (non-hydrogen) atoms. The molecule has 0 heterocycles. The van der Waals surface area contributed by atoms with Gasteiger partial charge < -0.3 is 0 Å². The summed E-state index contributed by atoms with van der Waals surface area (Å²) >= 11 is 0. The first-order valence-corrected chi connectivity index (χ1v) is 5.64. The molecule has 0 spiro atoms. The van der Waals surface area contributed by atoms with Gasteiger partial charge in [-0.2, -0.15) is 3.89 Å². The summed E-state index contributed by atoms with van der Waals surface area (Å²) in [7, 11) is -0.447. The molecule has 0 aliphatic rings. The van der Waals surface area contributed by atoms with Gasteiger partial charge in [0.15, 0.2) is 0 Å². The number of hydrogen-bond donors (Lipinski definition) is 0. The van der Waals surface area contributed by atoms with Crippen molar-refractivity contribution in [3.63, 3.8) is 0 Å². The van der Waals surface area contributed by atoms with Crippen LogP contribution in [0.1, 0.15) is 0 Å². The minimum absolute atomic E-state index is 1.30. The first-order chi connectivity index (χ1) is 2.56. The van der Waals surface area contributed by atoms with Crippen molar-refractivity contribution >= 4 is 20.2 Å². The summed E-state index contributed by atoms with van der Waals surface area (Å²) in [6, 6.07) is 0. The van der Waals surface area contributed by atoms with Gasteiger partial charge in [0, 0.05) is 12.5 Å². The maximum Gasteiger partial charge on any atom is 0.000860 e. The molecule has 0 bridgehead atoms. The van der Waals surface area contributed by atoms with Crippen LogP contribution >= 0.6 is 20.2 Å². The Morgan fingerprint density at radius 3 is 1.67 bits per heavy atom. The third kappa shape index (κ3) is 4.63. The van der Waals surface area contributed by atoms with Crippen molar-refractivity contribution in [3.8, 4) is 0 Å². The Morgan fingerprint density at radius 2 is 1.67 bits per heavy atom. The van der Waals surface area contributed by atoms with Gasteiger partial charge in [-0.25, -0.2) is 0 Å². The van der Waals surface area contributed by atoms with E-state index in [1.165, 1.54) is 10.8 Å². The van der Waals surface area contributed by atoms with Gasteiger partial charge in [-0.1, -0.05) is 10.8 Å². The molecule has 0 fully saturated rings. The lowest BCUT2D eigenvalue weighted by Crippen LogP contribution is -1.72. The molecular formula is C3H9FS2. The third-order valence-corrected chi connectivity index (χ3v) is 3.57. The van der Waals surface area contributed by atoms with E-state index in [1.807, 2.05) is 0 Å². The molecular weight excluding hydrogens is 119 g/mol. The third-order valence-electron chi connectivity index (χ3n) is 0.396. The molecule has 0 aromatic heterocycles.